The number of hydrogen-bond donors (Lipinski definition) is 1. The van der Waals surface area contributed by atoms with Crippen molar-refractivity contribution in [3.63, 3.8) is 0 Å². The molecule has 1 aliphatic rings. The molecule has 0 aromatic heterocycles. The van der Waals surface area contributed by atoms with Crippen molar-refractivity contribution in [3.8, 4) is 0 Å². The molecule has 0 spiro atoms. The SMILES string of the molecule is CNC1=C(C(C)C)C(=O)N(C)C1=O. The summed E-state index contributed by atoms with van der Waals surface area (Å²) >= 11 is 0. The lowest BCUT2D eigenvalue weighted by atomic mass is 10.0. The first kappa shape index (κ1) is 9.77. The van der Waals surface area contributed by atoms with E-state index in [1.54, 1.807) is 7.05 Å². The van der Waals surface area contributed by atoms with Crippen LogP contribution < -0.4 is 5.32 Å². The molecule has 0 unspecified atom stereocenters. The second kappa shape index (κ2) is 3.20. The standard InChI is InChI=1S/C9H14N2O2/c1-5(2)6-7(10-3)9(13)11(4)8(6)12/h5,10H,1-4H3. The zero-order valence-corrected chi connectivity index (χ0v) is 8.34. The van der Waals surface area contributed by atoms with Crippen LogP contribution in [0.15, 0.2) is 11.3 Å². The number of imide groups is 1. The van der Waals surface area contributed by atoms with Crippen molar-refractivity contribution in [3.05, 3.63) is 11.3 Å². The van der Waals surface area contributed by atoms with E-state index in [4.69, 9.17) is 0 Å². The molecule has 0 saturated carbocycles. The molecular formula is C9H14N2O2. The molecule has 1 rings (SSSR count). The van der Waals surface area contributed by atoms with Crippen LogP contribution in [0.2, 0.25) is 0 Å². The fourth-order valence-electron chi connectivity index (χ4n) is 1.44. The van der Waals surface area contributed by atoms with E-state index in [1.807, 2.05) is 13.8 Å². The van der Waals surface area contributed by atoms with Crippen molar-refractivity contribution in [2.24, 2.45) is 5.92 Å². The lowest BCUT2D eigenvalue weighted by Gasteiger charge is -2.07. The number of amides is 2. The third-order valence-electron chi connectivity index (χ3n) is 2.15. The highest BCUT2D eigenvalue weighted by atomic mass is 16.2. The van der Waals surface area contributed by atoms with Gasteiger partial charge in [0.1, 0.15) is 5.70 Å². The van der Waals surface area contributed by atoms with Crippen molar-refractivity contribution in [2.45, 2.75) is 13.8 Å². The summed E-state index contributed by atoms with van der Waals surface area (Å²) in [6, 6.07) is 0. The average molecular weight is 182 g/mol. The third kappa shape index (κ3) is 1.32. The molecule has 1 N–H and O–H groups in total. The number of nitrogens with one attached hydrogen (secondary N) is 1. The Morgan fingerprint density at radius 2 is 1.77 bits per heavy atom. The van der Waals surface area contributed by atoms with Crippen LogP contribution in [0.25, 0.3) is 0 Å². The second-order valence-corrected chi connectivity index (χ2v) is 3.36. The minimum atomic E-state index is -0.240. The van der Waals surface area contributed by atoms with Gasteiger partial charge in [0.2, 0.25) is 0 Å². The fraction of sp³-hybridized carbons (Fsp3) is 0.556. The van der Waals surface area contributed by atoms with E-state index in [0.717, 1.165) is 4.90 Å². The van der Waals surface area contributed by atoms with E-state index in [9.17, 15) is 9.59 Å². The van der Waals surface area contributed by atoms with E-state index in [1.165, 1.54) is 7.05 Å². The Hall–Kier alpha value is -1.32. The maximum atomic E-state index is 11.5. The monoisotopic (exact) mass is 182 g/mol. The fourth-order valence-corrected chi connectivity index (χ4v) is 1.44. The highest BCUT2D eigenvalue weighted by molar-refractivity contribution is 6.18. The summed E-state index contributed by atoms with van der Waals surface area (Å²) in [7, 11) is 3.15. The van der Waals surface area contributed by atoms with Gasteiger partial charge in [-0.15, -0.1) is 0 Å². The maximum Gasteiger partial charge on any atom is 0.277 e. The topological polar surface area (TPSA) is 49.4 Å². The summed E-state index contributed by atoms with van der Waals surface area (Å²) in [5, 5.41) is 2.77. The quantitative estimate of drug-likeness (QED) is 0.617. The zero-order chi connectivity index (χ0) is 10.2. The van der Waals surface area contributed by atoms with Gasteiger partial charge in [-0.25, -0.2) is 0 Å². The molecule has 0 saturated heterocycles. The van der Waals surface area contributed by atoms with E-state index in [0.29, 0.717) is 11.3 Å². The maximum absolute atomic E-state index is 11.5. The van der Waals surface area contributed by atoms with Crippen molar-refractivity contribution in [1.82, 2.24) is 10.2 Å². The van der Waals surface area contributed by atoms with Crippen molar-refractivity contribution < 1.29 is 9.59 Å². The Morgan fingerprint density at radius 3 is 2.08 bits per heavy atom. The average Bonchev–Trinajstić information content (AvgIpc) is 2.29. The van der Waals surface area contributed by atoms with Crippen LogP contribution >= 0.6 is 0 Å². The molecule has 0 bridgehead atoms. The van der Waals surface area contributed by atoms with Gasteiger partial charge in [-0.05, 0) is 5.92 Å². The minimum absolute atomic E-state index is 0.0730. The minimum Gasteiger partial charge on any atom is -0.383 e. The predicted octanol–water partition coefficient (Wildman–Crippen LogP) is 0.114. The van der Waals surface area contributed by atoms with Crippen LogP contribution in [-0.2, 0) is 9.59 Å². The van der Waals surface area contributed by atoms with Crippen LogP contribution in [0.5, 0.6) is 0 Å². The predicted molar refractivity (Wildman–Crippen MR) is 48.7 cm³/mol. The van der Waals surface area contributed by atoms with Crippen LogP contribution in [0.4, 0.5) is 0 Å². The first-order valence-electron chi connectivity index (χ1n) is 4.25. The Balaban J connectivity index is 3.17. The van der Waals surface area contributed by atoms with Gasteiger partial charge in [-0.1, -0.05) is 13.8 Å². The molecule has 0 aliphatic carbocycles. The Labute approximate surface area is 77.6 Å². The molecule has 2 amide bonds. The van der Waals surface area contributed by atoms with Gasteiger partial charge < -0.3 is 5.32 Å². The van der Waals surface area contributed by atoms with Gasteiger partial charge >= 0.3 is 0 Å². The number of nitrogens with zero attached hydrogens (tertiary/aromatic N) is 1. The molecule has 72 valence electrons. The number of hydrogen-bond acceptors (Lipinski definition) is 3. The molecule has 0 fully saturated rings. The third-order valence-corrected chi connectivity index (χ3v) is 2.15. The summed E-state index contributed by atoms with van der Waals surface area (Å²) in [4.78, 5) is 24.1. The smallest absolute Gasteiger partial charge is 0.277 e. The normalized spacial score (nSPS) is 17.8. The van der Waals surface area contributed by atoms with Gasteiger partial charge in [0.05, 0.1) is 0 Å². The second-order valence-electron chi connectivity index (χ2n) is 3.36. The Kier molecular flexibility index (Phi) is 2.40. The molecule has 13 heavy (non-hydrogen) atoms. The molecule has 4 nitrogen and oxygen atoms in total. The molecule has 0 atom stereocenters. The molecule has 0 aromatic carbocycles. The van der Waals surface area contributed by atoms with Crippen LogP contribution in [-0.4, -0.2) is 30.8 Å². The number of carbonyl (C=O) groups excluding carboxylic acids is 2. The van der Waals surface area contributed by atoms with Gasteiger partial charge in [0, 0.05) is 19.7 Å². The van der Waals surface area contributed by atoms with Crippen molar-refractivity contribution in [2.75, 3.05) is 14.1 Å². The zero-order valence-electron chi connectivity index (χ0n) is 8.34. The molecule has 4 heteroatoms. The molecule has 1 aliphatic heterocycles. The van der Waals surface area contributed by atoms with E-state index < -0.39 is 0 Å². The lowest BCUT2D eigenvalue weighted by Crippen LogP contribution is -2.29. The summed E-state index contributed by atoms with van der Waals surface area (Å²) in [6.07, 6.45) is 0. The van der Waals surface area contributed by atoms with Crippen LogP contribution in [0, 0.1) is 5.92 Å². The van der Waals surface area contributed by atoms with Gasteiger partial charge in [-0.3, -0.25) is 14.5 Å². The Morgan fingerprint density at radius 1 is 1.23 bits per heavy atom. The summed E-state index contributed by atoms with van der Waals surface area (Å²) < 4.78 is 0. The highest BCUT2D eigenvalue weighted by Gasteiger charge is 2.36. The Bertz CT molecular complexity index is 292. The molecule has 0 aromatic rings. The van der Waals surface area contributed by atoms with E-state index in [2.05, 4.69) is 5.32 Å². The number of rotatable bonds is 2. The van der Waals surface area contributed by atoms with E-state index >= 15 is 0 Å². The summed E-state index contributed by atoms with van der Waals surface area (Å²) in [5.74, 6) is -0.357. The van der Waals surface area contributed by atoms with Crippen molar-refractivity contribution >= 4 is 11.8 Å². The largest absolute Gasteiger partial charge is 0.383 e. The number of likely N-dealkylation sites (N-methyl/N-ethyl adjacent to an activating group) is 2. The summed E-state index contributed by atoms with van der Waals surface area (Å²) in [5.41, 5.74) is 1.01. The molecule has 1 heterocycles. The number of carbonyl (C=O) groups is 2. The first-order valence-corrected chi connectivity index (χ1v) is 4.25. The molecule has 0 radical (unpaired) electrons. The first-order chi connectivity index (χ1) is 6.00. The van der Waals surface area contributed by atoms with Crippen LogP contribution in [0.1, 0.15) is 13.8 Å². The van der Waals surface area contributed by atoms with Crippen molar-refractivity contribution in [1.29, 1.82) is 0 Å². The summed E-state index contributed by atoms with van der Waals surface area (Å²) in [6.45, 7) is 3.80. The molecular weight excluding hydrogens is 168 g/mol. The van der Waals surface area contributed by atoms with Gasteiger partial charge in [0.25, 0.3) is 11.8 Å². The highest BCUT2D eigenvalue weighted by Crippen LogP contribution is 2.23. The van der Waals surface area contributed by atoms with Gasteiger partial charge in [0.15, 0.2) is 0 Å². The van der Waals surface area contributed by atoms with Gasteiger partial charge in [-0.2, -0.15) is 0 Å². The van der Waals surface area contributed by atoms with E-state index in [-0.39, 0.29) is 17.7 Å². The lowest BCUT2D eigenvalue weighted by molar-refractivity contribution is -0.136. The van der Waals surface area contributed by atoms with Crippen LogP contribution in [0.3, 0.4) is 0 Å².